The SMILES string of the molecule is Cc1ccccc1C1CCN(C(=S(=O)=O)C2(C(=O)NO)CCN(C(=O)OC3CCNC3)CC2)CC1. The number of piperidine rings is 2. The molecule has 35 heavy (non-hydrogen) atoms. The first-order valence-electron chi connectivity index (χ1n) is 12.2. The fourth-order valence-corrected chi connectivity index (χ4v) is 6.68. The summed E-state index contributed by atoms with van der Waals surface area (Å²) in [5.74, 6) is -0.441. The predicted molar refractivity (Wildman–Crippen MR) is 130 cm³/mol. The minimum absolute atomic E-state index is 0.000272. The van der Waals surface area contributed by atoms with Crippen molar-refractivity contribution in [3.05, 3.63) is 35.4 Å². The Balaban J connectivity index is 1.49. The molecule has 2 amide bonds. The normalized spacial score (nSPS) is 23.0. The Labute approximate surface area is 207 Å². The highest BCUT2D eigenvalue weighted by atomic mass is 32.2. The van der Waals surface area contributed by atoms with E-state index in [0.29, 0.717) is 25.6 Å². The summed E-state index contributed by atoms with van der Waals surface area (Å²) in [6.07, 6.45) is 1.80. The van der Waals surface area contributed by atoms with Gasteiger partial charge in [0.15, 0.2) is 0 Å². The molecular weight excluding hydrogens is 472 g/mol. The van der Waals surface area contributed by atoms with E-state index in [-0.39, 0.29) is 37.0 Å². The van der Waals surface area contributed by atoms with E-state index in [9.17, 15) is 23.2 Å². The molecule has 1 unspecified atom stereocenters. The fourth-order valence-electron chi connectivity index (χ4n) is 5.67. The molecule has 0 spiro atoms. The number of carbonyl (C=O) groups excluding carboxylic acids is 2. The lowest BCUT2D eigenvalue weighted by Crippen LogP contribution is -2.59. The molecule has 3 heterocycles. The molecule has 1 aromatic rings. The van der Waals surface area contributed by atoms with Crippen LogP contribution in [-0.4, -0.2) is 85.8 Å². The summed E-state index contributed by atoms with van der Waals surface area (Å²) in [4.78, 5) is 28.8. The van der Waals surface area contributed by atoms with Gasteiger partial charge in [0.2, 0.25) is 10.3 Å². The van der Waals surface area contributed by atoms with Gasteiger partial charge >= 0.3 is 6.09 Å². The lowest BCUT2D eigenvalue weighted by Gasteiger charge is -2.44. The summed E-state index contributed by atoms with van der Waals surface area (Å²) in [5.41, 5.74) is 2.73. The third kappa shape index (κ3) is 5.37. The van der Waals surface area contributed by atoms with Crippen LogP contribution in [0.5, 0.6) is 0 Å². The van der Waals surface area contributed by atoms with Crippen LogP contribution in [0, 0.1) is 12.3 Å². The molecule has 0 aromatic heterocycles. The number of benzene rings is 1. The molecule has 0 radical (unpaired) electrons. The van der Waals surface area contributed by atoms with Gasteiger partial charge in [-0.2, -0.15) is 8.42 Å². The largest absolute Gasteiger partial charge is 0.445 e. The summed E-state index contributed by atoms with van der Waals surface area (Å²) < 4.78 is 30.6. The van der Waals surface area contributed by atoms with E-state index in [1.165, 1.54) is 16.0 Å². The van der Waals surface area contributed by atoms with Crippen molar-refractivity contribution >= 4 is 27.3 Å². The standard InChI is InChI=1S/C24H34N4O6S/c1-17-4-2-3-5-20(17)18-7-12-27(13-8-18)22(35(32)33)24(21(29)26-31)9-14-28(15-10-24)23(30)34-19-6-11-25-16-19/h2-5,18-19,25,31H,6-16H2,1H3,(H,26,29). The average Bonchev–Trinajstić information content (AvgIpc) is 3.37. The highest BCUT2D eigenvalue weighted by molar-refractivity contribution is 7.73. The number of ether oxygens (including phenoxy) is 1. The zero-order valence-electron chi connectivity index (χ0n) is 20.0. The molecule has 10 nitrogen and oxygen atoms in total. The van der Waals surface area contributed by atoms with Crippen LogP contribution in [0.3, 0.4) is 0 Å². The van der Waals surface area contributed by atoms with Crippen LogP contribution in [0.15, 0.2) is 24.3 Å². The number of hydrogen-bond acceptors (Lipinski definition) is 7. The third-order valence-corrected chi connectivity index (χ3v) is 8.64. The Kier molecular flexibility index (Phi) is 8.10. The Morgan fingerprint density at radius 3 is 2.34 bits per heavy atom. The molecule has 0 saturated carbocycles. The zero-order chi connectivity index (χ0) is 25.0. The maximum atomic E-state index is 12.9. The van der Waals surface area contributed by atoms with Crippen molar-refractivity contribution in [3.63, 3.8) is 0 Å². The van der Waals surface area contributed by atoms with Gasteiger partial charge in [-0.15, -0.1) is 0 Å². The van der Waals surface area contributed by atoms with Crippen molar-refractivity contribution in [2.75, 3.05) is 39.3 Å². The van der Waals surface area contributed by atoms with E-state index in [1.807, 2.05) is 12.1 Å². The molecule has 0 aliphatic carbocycles. The summed E-state index contributed by atoms with van der Waals surface area (Å²) >= 11 is 0. The zero-order valence-corrected chi connectivity index (χ0v) is 20.8. The molecular formula is C24H34N4O6S. The summed E-state index contributed by atoms with van der Waals surface area (Å²) in [5, 5.41) is 12.7. The smallest absolute Gasteiger partial charge is 0.410 e. The number of hydrogen-bond donors (Lipinski definition) is 3. The van der Waals surface area contributed by atoms with Crippen LogP contribution < -0.4 is 10.8 Å². The third-order valence-electron chi connectivity index (χ3n) is 7.67. The Hall–Kier alpha value is -2.47. The van der Waals surface area contributed by atoms with Gasteiger partial charge in [-0.25, -0.2) is 10.3 Å². The van der Waals surface area contributed by atoms with Crippen molar-refractivity contribution in [3.8, 4) is 0 Å². The minimum Gasteiger partial charge on any atom is -0.445 e. The number of nitrogens with zero attached hydrogens (tertiary/aromatic N) is 2. The van der Waals surface area contributed by atoms with Gasteiger partial charge in [0.25, 0.3) is 5.91 Å². The molecule has 3 N–H and O–H groups in total. The van der Waals surface area contributed by atoms with Crippen LogP contribution in [-0.2, 0) is 19.8 Å². The lowest BCUT2D eigenvalue weighted by molar-refractivity contribution is -0.138. The number of rotatable bonds is 4. The van der Waals surface area contributed by atoms with E-state index >= 15 is 0 Å². The van der Waals surface area contributed by atoms with Crippen LogP contribution >= 0.6 is 0 Å². The Morgan fingerprint density at radius 1 is 1.09 bits per heavy atom. The fraction of sp³-hybridized carbons (Fsp3) is 0.625. The minimum atomic E-state index is -2.67. The highest BCUT2D eigenvalue weighted by Gasteiger charge is 2.50. The van der Waals surface area contributed by atoms with E-state index in [2.05, 4.69) is 24.4 Å². The monoisotopic (exact) mass is 506 g/mol. The van der Waals surface area contributed by atoms with Crippen LogP contribution in [0.1, 0.15) is 49.1 Å². The quantitative estimate of drug-likeness (QED) is 0.316. The maximum Gasteiger partial charge on any atom is 0.410 e. The van der Waals surface area contributed by atoms with Crippen LogP contribution in [0.25, 0.3) is 0 Å². The molecule has 1 atom stereocenters. The van der Waals surface area contributed by atoms with E-state index in [1.54, 1.807) is 10.4 Å². The Morgan fingerprint density at radius 2 is 1.77 bits per heavy atom. The first kappa shape index (κ1) is 25.6. The number of hydroxylamine groups is 1. The van der Waals surface area contributed by atoms with Crippen LogP contribution in [0.4, 0.5) is 4.79 Å². The molecule has 1 aromatic carbocycles. The van der Waals surface area contributed by atoms with Gasteiger partial charge in [0.1, 0.15) is 16.5 Å². The number of amides is 2. The van der Waals surface area contributed by atoms with Gasteiger partial charge in [0.05, 0.1) is 0 Å². The van der Waals surface area contributed by atoms with E-state index < -0.39 is 27.7 Å². The number of aryl methyl sites for hydroxylation is 1. The van der Waals surface area contributed by atoms with Crippen molar-refractivity contribution in [2.45, 2.75) is 51.0 Å². The van der Waals surface area contributed by atoms with Crippen LogP contribution in [0.2, 0.25) is 0 Å². The molecule has 11 heteroatoms. The number of likely N-dealkylation sites (tertiary alicyclic amines) is 2. The van der Waals surface area contributed by atoms with Crippen molar-refractivity contribution in [2.24, 2.45) is 5.41 Å². The first-order valence-corrected chi connectivity index (χ1v) is 13.3. The summed E-state index contributed by atoms with van der Waals surface area (Å²) in [7, 11) is -2.67. The van der Waals surface area contributed by atoms with Gasteiger partial charge in [-0.1, -0.05) is 24.3 Å². The lowest BCUT2D eigenvalue weighted by atomic mass is 9.76. The van der Waals surface area contributed by atoms with E-state index in [4.69, 9.17) is 4.74 Å². The van der Waals surface area contributed by atoms with Crippen molar-refractivity contribution < 1.29 is 28.0 Å². The second-order valence-electron chi connectivity index (χ2n) is 9.67. The molecule has 3 aliphatic heterocycles. The van der Waals surface area contributed by atoms with E-state index in [0.717, 1.165) is 25.8 Å². The second-order valence-corrected chi connectivity index (χ2v) is 10.5. The van der Waals surface area contributed by atoms with Crippen molar-refractivity contribution in [1.29, 1.82) is 0 Å². The number of nitrogens with one attached hydrogen (secondary N) is 2. The molecule has 3 fully saturated rings. The molecule has 0 bridgehead atoms. The topological polar surface area (TPSA) is 128 Å². The highest BCUT2D eigenvalue weighted by Crippen LogP contribution is 2.38. The van der Waals surface area contributed by atoms with Gasteiger partial charge in [-0.05, 0) is 62.6 Å². The summed E-state index contributed by atoms with van der Waals surface area (Å²) in [6, 6.07) is 8.21. The summed E-state index contributed by atoms with van der Waals surface area (Å²) in [6.45, 7) is 4.79. The molecule has 4 rings (SSSR count). The first-order chi connectivity index (χ1) is 16.9. The second kappa shape index (κ2) is 11.1. The van der Waals surface area contributed by atoms with Gasteiger partial charge in [-0.3, -0.25) is 14.9 Å². The van der Waals surface area contributed by atoms with Crippen molar-refractivity contribution in [1.82, 2.24) is 20.6 Å². The van der Waals surface area contributed by atoms with Gasteiger partial charge in [0, 0.05) is 32.7 Å². The number of carbonyl (C=O) groups is 2. The molecule has 192 valence electrons. The Bertz CT molecular complexity index is 1060. The maximum absolute atomic E-state index is 12.9. The molecule has 3 saturated heterocycles. The average molecular weight is 507 g/mol. The predicted octanol–water partition coefficient (Wildman–Crippen LogP) is 1.27. The molecule has 3 aliphatic rings. The van der Waals surface area contributed by atoms with Gasteiger partial charge < -0.3 is 15.0 Å².